The predicted molar refractivity (Wildman–Crippen MR) is 145 cm³/mol. The van der Waals surface area contributed by atoms with Crippen molar-refractivity contribution >= 4 is 22.8 Å². The third-order valence-corrected chi connectivity index (χ3v) is 10.2. The van der Waals surface area contributed by atoms with E-state index >= 15 is 0 Å². The summed E-state index contributed by atoms with van der Waals surface area (Å²) in [7, 11) is 1.67. The minimum atomic E-state index is -1.03. The van der Waals surface area contributed by atoms with Crippen LogP contribution in [-0.2, 0) is 20.3 Å². The number of carbonyl (C=O) groups excluding carboxylic acids is 2. The Labute approximate surface area is 231 Å². The molecule has 0 amide bonds. The summed E-state index contributed by atoms with van der Waals surface area (Å²) in [4.78, 5) is 38.6. The molecule has 0 aromatic heterocycles. The maximum Gasteiger partial charge on any atom is 0.344 e. The molecular formula is C32H30O6S. The van der Waals surface area contributed by atoms with Crippen molar-refractivity contribution in [3.05, 3.63) is 95.6 Å². The number of ether oxygens (including phenoxy) is 2. The molecule has 1 spiro atoms. The molecule has 0 N–H and O–H groups in total. The SMILES string of the molecule is CO[C@@]1(c2cccc(OC(=O)c3ccccc3SC(=O)c3ccccc3)c2)OOC12C1CC3CC(C1)CC2C3. The first-order valence-corrected chi connectivity index (χ1v) is 14.4. The van der Waals surface area contributed by atoms with Gasteiger partial charge in [-0.05, 0) is 91.8 Å². The maximum atomic E-state index is 13.3. The Bertz CT molecular complexity index is 1390. The Kier molecular flexibility index (Phi) is 6.16. The molecule has 1 heterocycles. The number of methoxy groups -OCH3 is 1. The number of hydrogen-bond acceptors (Lipinski definition) is 7. The van der Waals surface area contributed by atoms with Gasteiger partial charge in [-0.15, -0.1) is 0 Å². The Morgan fingerprint density at radius 3 is 2.18 bits per heavy atom. The minimum Gasteiger partial charge on any atom is -0.423 e. The van der Waals surface area contributed by atoms with Gasteiger partial charge in [-0.25, -0.2) is 9.68 Å². The lowest BCUT2D eigenvalue weighted by atomic mass is 9.47. The third kappa shape index (κ3) is 3.90. The zero-order valence-electron chi connectivity index (χ0n) is 21.7. The van der Waals surface area contributed by atoms with Crippen LogP contribution in [0.25, 0.3) is 0 Å². The van der Waals surface area contributed by atoms with Crippen molar-refractivity contribution in [2.24, 2.45) is 23.7 Å². The van der Waals surface area contributed by atoms with Crippen LogP contribution in [0.4, 0.5) is 0 Å². The van der Waals surface area contributed by atoms with Gasteiger partial charge in [0.15, 0.2) is 5.60 Å². The highest BCUT2D eigenvalue weighted by molar-refractivity contribution is 8.14. The highest BCUT2D eigenvalue weighted by Crippen LogP contribution is 2.69. The molecule has 4 saturated carbocycles. The standard InChI is InChI=1S/C32H30O6S/c1-35-32(31(37-38-32)24-15-20-14-21(17-24)18-25(31)16-20)23-10-7-11-26(19-23)36-29(33)27-12-5-6-13-28(27)39-30(34)22-8-3-2-4-9-22/h2-13,19-21,24-25H,14-18H2,1H3/t20?,21?,24?,25?,31?,32-/m0/s1. The van der Waals surface area contributed by atoms with Crippen LogP contribution in [0.3, 0.4) is 0 Å². The molecule has 39 heavy (non-hydrogen) atoms. The molecule has 200 valence electrons. The molecule has 0 unspecified atom stereocenters. The second-order valence-corrected chi connectivity index (χ2v) is 12.3. The van der Waals surface area contributed by atoms with Crippen LogP contribution in [0, 0.1) is 23.7 Å². The number of carbonyl (C=O) groups is 2. The molecule has 8 rings (SSSR count). The average molecular weight is 543 g/mol. The van der Waals surface area contributed by atoms with Crippen LogP contribution in [-0.4, -0.2) is 23.8 Å². The van der Waals surface area contributed by atoms with Gasteiger partial charge in [0.25, 0.3) is 5.79 Å². The molecule has 1 atom stereocenters. The van der Waals surface area contributed by atoms with E-state index in [0.29, 0.717) is 33.6 Å². The topological polar surface area (TPSA) is 71.1 Å². The Hall–Kier alpha value is -2.97. The molecule has 5 fully saturated rings. The number of hydrogen-bond donors (Lipinski definition) is 0. The summed E-state index contributed by atoms with van der Waals surface area (Å²) in [6, 6.07) is 23.4. The second-order valence-electron chi connectivity index (χ2n) is 11.3. The van der Waals surface area contributed by atoms with Crippen molar-refractivity contribution < 1.29 is 28.8 Å². The van der Waals surface area contributed by atoms with Gasteiger partial charge >= 0.3 is 5.97 Å². The summed E-state index contributed by atoms with van der Waals surface area (Å²) in [5.74, 6) is 1.15. The van der Waals surface area contributed by atoms with E-state index in [1.165, 1.54) is 6.42 Å². The number of benzene rings is 3. The van der Waals surface area contributed by atoms with E-state index in [0.717, 1.165) is 54.8 Å². The molecule has 7 heteroatoms. The average Bonchev–Trinajstić information content (AvgIpc) is 2.94. The highest BCUT2D eigenvalue weighted by atomic mass is 32.2. The van der Waals surface area contributed by atoms with Crippen molar-refractivity contribution in [3.8, 4) is 5.75 Å². The molecule has 3 aromatic rings. The van der Waals surface area contributed by atoms with Crippen molar-refractivity contribution in [1.82, 2.24) is 0 Å². The molecule has 6 nitrogen and oxygen atoms in total. The van der Waals surface area contributed by atoms with Gasteiger partial charge in [0.1, 0.15) is 5.75 Å². The zero-order valence-corrected chi connectivity index (χ0v) is 22.5. The van der Waals surface area contributed by atoms with Crippen LogP contribution >= 0.6 is 11.8 Å². The van der Waals surface area contributed by atoms with E-state index in [1.54, 1.807) is 49.6 Å². The fraction of sp³-hybridized carbons (Fsp3) is 0.375. The van der Waals surface area contributed by atoms with E-state index in [-0.39, 0.29) is 5.12 Å². The van der Waals surface area contributed by atoms with Gasteiger partial charge in [-0.3, -0.25) is 4.79 Å². The normalized spacial score (nSPS) is 32.1. The Morgan fingerprint density at radius 1 is 0.821 bits per heavy atom. The lowest BCUT2D eigenvalue weighted by Crippen LogP contribution is -2.76. The summed E-state index contributed by atoms with van der Waals surface area (Å²) >= 11 is 1.02. The molecule has 4 aliphatic carbocycles. The monoisotopic (exact) mass is 542 g/mol. The van der Waals surface area contributed by atoms with Crippen LogP contribution in [0.5, 0.6) is 5.75 Å². The molecule has 0 radical (unpaired) electrons. The molecule has 1 aliphatic heterocycles. The first-order chi connectivity index (χ1) is 19.0. The smallest absolute Gasteiger partial charge is 0.344 e. The van der Waals surface area contributed by atoms with Crippen molar-refractivity contribution in [2.75, 3.05) is 7.11 Å². The van der Waals surface area contributed by atoms with Gasteiger partial charge in [-0.1, -0.05) is 54.6 Å². The van der Waals surface area contributed by atoms with Crippen molar-refractivity contribution in [3.63, 3.8) is 0 Å². The summed E-state index contributed by atoms with van der Waals surface area (Å²) in [6.07, 6.45) is 5.92. The van der Waals surface area contributed by atoms with Gasteiger partial charge < -0.3 is 9.47 Å². The Morgan fingerprint density at radius 2 is 1.51 bits per heavy atom. The van der Waals surface area contributed by atoms with E-state index < -0.39 is 17.4 Å². The number of thioether (sulfide) groups is 1. The van der Waals surface area contributed by atoms with E-state index in [4.69, 9.17) is 19.2 Å². The van der Waals surface area contributed by atoms with E-state index in [2.05, 4.69) is 0 Å². The van der Waals surface area contributed by atoms with Gasteiger partial charge in [0, 0.05) is 23.1 Å². The molecule has 1 saturated heterocycles. The Balaban J connectivity index is 1.14. The van der Waals surface area contributed by atoms with Crippen LogP contribution in [0.2, 0.25) is 0 Å². The lowest BCUT2D eigenvalue weighted by molar-refractivity contribution is -0.645. The van der Waals surface area contributed by atoms with Crippen LogP contribution in [0.1, 0.15) is 58.4 Å². The quantitative estimate of drug-likeness (QED) is 0.147. The third-order valence-electron chi connectivity index (χ3n) is 9.19. The summed E-state index contributed by atoms with van der Waals surface area (Å²) < 4.78 is 12.0. The summed E-state index contributed by atoms with van der Waals surface area (Å²) in [5, 5.41) is -0.136. The first kappa shape index (κ1) is 25.0. The number of esters is 1. The molecular weight excluding hydrogens is 512 g/mol. The lowest BCUT2D eigenvalue weighted by Gasteiger charge is -2.68. The second kappa shape index (κ2) is 9.59. The van der Waals surface area contributed by atoms with Gasteiger partial charge in [0.05, 0.1) is 5.56 Å². The summed E-state index contributed by atoms with van der Waals surface area (Å²) in [5.41, 5.74) is 1.18. The predicted octanol–water partition coefficient (Wildman–Crippen LogP) is 6.79. The summed E-state index contributed by atoms with van der Waals surface area (Å²) in [6.45, 7) is 0. The molecule has 3 aromatic carbocycles. The van der Waals surface area contributed by atoms with Crippen molar-refractivity contribution in [2.45, 2.75) is 48.4 Å². The zero-order chi connectivity index (χ0) is 26.6. The van der Waals surface area contributed by atoms with Gasteiger partial charge in [-0.2, -0.15) is 4.89 Å². The van der Waals surface area contributed by atoms with Gasteiger partial charge in [0.2, 0.25) is 5.12 Å². The van der Waals surface area contributed by atoms with Crippen LogP contribution < -0.4 is 4.74 Å². The van der Waals surface area contributed by atoms with Crippen molar-refractivity contribution in [1.29, 1.82) is 0 Å². The molecule has 4 bridgehead atoms. The minimum absolute atomic E-state index is 0.136. The number of rotatable bonds is 6. The van der Waals surface area contributed by atoms with Crippen LogP contribution in [0.15, 0.2) is 83.8 Å². The maximum absolute atomic E-state index is 13.3. The molecule has 5 aliphatic rings. The van der Waals surface area contributed by atoms with E-state index in [1.807, 2.05) is 36.4 Å². The largest absolute Gasteiger partial charge is 0.423 e. The fourth-order valence-corrected chi connectivity index (χ4v) is 8.60. The fourth-order valence-electron chi connectivity index (χ4n) is 7.74. The van der Waals surface area contributed by atoms with E-state index in [9.17, 15) is 9.59 Å². The highest BCUT2D eigenvalue weighted by Gasteiger charge is 2.76. The first-order valence-electron chi connectivity index (χ1n) is 13.6.